The number of hydrogen-bond donors (Lipinski definition) is 1. The Morgan fingerprint density at radius 2 is 1.50 bits per heavy atom. The maximum absolute atomic E-state index is 13.3. The number of rotatable bonds is 4. The predicted molar refractivity (Wildman–Crippen MR) is 145 cm³/mol. The van der Waals surface area contributed by atoms with E-state index in [9.17, 15) is 39.6 Å². The van der Waals surface area contributed by atoms with Crippen LogP contribution in [0.5, 0.6) is 5.75 Å². The van der Waals surface area contributed by atoms with Gasteiger partial charge in [-0.25, -0.2) is 8.42 Å². The second-order valence-corrected chi connectivity index (χ2v) is 12.9. The van der Waals surface area contributed by atoms with E-state index in [2.05, 4.69) is 15.3 Å². The Morgan fingerprint density at radius 3 is 2.11 bits per heavy atom. The molecular formula is C29H28F6N4O4S. The van der Waals surface area contributed by atoms with E-state index in [1.54, 1.807) is 0 Å². The van der Waals surface area contributed by atoms with E-state index in [4.69, 9.17) is 4.74 Å². The second-order valence-electron chi connectivity index (χ2n) is 10.9. The van der Waals surface area contributed by atoms with Crippen LogP contribution in [-0.4, -0.2) is 41.6 Å². The Balaban J connectivity index is 0.000000245. The molecule has 44 heavy (non-hydrogen) atoms. The van der Waals surface area contributed by atoms with Crippen LogP contribution < -0.4 is 10.1 Å². The zero-order valence-electron chi connectivity index (χ0n) is 23.4. The summed E-state index contributed by atoms with van der Waals surface area (Å²) < 4.78 is 106. The number of benzene rings is 1. The van der Waals surface area contributed by atoms with Gasteiger partial charge in [0.15, 0.2) is 9.84 Å². The third-order valence-electron chi connectivity index (χ3n) is 7.58. The Bertz CT molecular complexity index is 1670. The molecule has 2 aromatic heterocycles. The molecular weight excluding hydrogens is 614 g/mol. The molecule has 1 N–H and O–H groups in total. The average molecular weight is 643 g/mol. The normalized spacial score (nSPS) is 16.8. The van der Waals surface area contributed by atoms with Crippen molar-refractivity contribution in [1.29, 1.82) is 0 Å². The predicted octanol–water partition coefficient (Wildman–Crippen LogP) is 5.68. The summed E-state index contributed by atoms with van der Waals surface area (Å²) in [5.41, 5.74) is 0.612. The summed E-state index contributed by atoms with van der Waals surface area (Å²) in [4.78, 5) is 22.2. The lowest BCUT2D eigenvalue weighted by Crippen LogP contribution is -2.27. The number of amides is 1. The molecule has 0 spiro atoms. The first-order valence-electron chi connectivity index (χ1n) is 13.7. The summed E-state index contributed by atoms with van der Waals surface area (Å²) >= 11 is 0. The molecule has 8 nitrogen and oxygen atoms in total. The van der Waals surface area contributed by atoms with Gasteiger partial charge in [0.25, 0.3) is 5.91 Å². The monoisotopic (exact) mass is 642 g/mol. The molecule has 6 rings (SSSR count). The molecule has 1 aliphatic carbocycles. The number of ether oxygens (including phenoxy) is 1. The quantitative estimate of drug-likeness (QED) is 0.366. The molecule has 0 radical (unpaired) electrons. The van der Waals surface area contributed by atoms with Crippen LogP contribution >= 0.6 is 0 Å². The molecule has 0 unspecified atom stereocenters. The van der Waals surface area contributed by atoms with Crippen LogP contribution in [0.1, 0.15) is 69.7 Å². The molecule has 0 saturated heterocycles. The van der Waals surface area contributed by atoms with Crippen LogP contribution in [-0.2, 0) is 48.4 Å². The van der Waals surface area contributed by atoms with Crippen LogP contribution in [0, 0.1) is 0 Å². The van der Waals surface area contributed by atoms with Gasteiger partial charge in [-0.05, 0) is 67.1 Å². The van der Waals surface area contributed by atoms with Gasteiger partial charge >= 0.3 is 12.4 Å². The van der Waals surface area contributed by atoms with Gasteiger partial charge in [-0.15, -0.1) is 0 Å². The van der Waals surface area contributed by atoms with E-state index in [1.807, 2.05) is 0 Å². The Morgan fingerprint density at radius 1 is 0.886 bits per heavy atom. The fourth-order valence-electron chi connectivity index (χ4n) is 5.25. The van der Waals surface area contributed by atoms with Crippen LogP contribution in [0.2, 0.25) is 0 Å². The molecule has 1 aromatic carbocycles. The number of fused-ring (bicyclic) bond motifs is 2. The lowest BCUT2D eigenvalue weighted by Gasteiger charge is -2.20. The van der Waals surface area contributed by atoms with Gasteiger partial charge in [-0.1, -0.05) is 0 Å². The van der Waals surface area contributed by atoms with Crippen molar-refractivity contribution >= 4 is 15.7 Å². The van der Waals surface area contributed by atoms with Crippen LogP contribution in [0.3, 0.4) is 0 Å². The molecule has 15 heteroatoms. The smallest absolute Gasteiger partial charge is 0.417 e. The number of nitrogens with zero attached hydrogens (tertiary/aromatic N) is 3. The first kappa shape index (κ1) is 31.7. The molecule has 0 bridgehead atoms. The van der Waals surface area contributed by atoms with Crippen molar-refractivity contribution in [3.63, 3.8) is 0 Å². The SMILES string of the molecule is CS(=O)(=O)c1ccc(OC2CCCC2)c(C(=O)N2Cc3cc(C(F)(F)F)cnc3C2)c1.FC(F)(F)c1cnc2c(c1)CNC2. The van der Waals surface area contributed by atoms with Gasteiger partial charge in [0.05, 0.1) is 45.6 Å². The molecule has 3 aliphatic rings. The van der Waals surface area contributed by atoms with E-state index in [1.165, 1.54) is 23.1 Å². The Labute approximate surface area is 249 Å². The summed E-state index contributed by atoms with van der Waals surface area (Å²) in [5, 5.41) is 2.94. The Kier molecular flexibility index (Phi) is 8.64. The number of aromatic nitrogens is 2. The molecule has 1 amide bonds. The molecule has 236 valence electrons. The van der Waals surface area contributed by atoms with Gasteiger partial charge in [0, 0.05) is 38.3 Å². The number of nitrogens with one attached hydrogen (secondary N) is 1. The van der Waals surface area contributed by atoms with E-state index >= 15 is 0 Å². The standard InChI is InChI=1S/C21H21F3N2O4S.C8H7F3N2/c1-31(28,29)16-6-7-19(30-15-4-2-3-5-15)17(9-16)20(27)26-11-13-8-14(21(22,23)24)10-25-18(13)12-26;9-8(10,11)6-1-5-2-12-4-7(5)13-3-6/h6-10,15H,2-5,11-12H2,1H3;1,3,12H,2,4H2. The van der Waals surface area contributed by atoms with Crippen molar-refractivity contribution < 1.29 is 44.3 Å². The number of pyridine rings is 2. The lowest BCUT2D eigenvalue weighted by atomic mass is 10.1. The first-order valence-corrected chi connectivity index (χ1v) is 15.6. The van der Waals surface area contributed by atoms with Crippen LogP contribution in [0.25, 0.3) is 0 Å². The van der Waals surface area contributed by atoms with Crippen molar-refractivity contribution in [2.24, 2.45) is 0 Å². The number of carbonyl (C=O) groups is 1. The van der Waals surface area contributed by atoms with Crippen LogP contribution in [0.4, 0.5) is 26.3 Å². The lowest BCUT2D eigenvalue weighted by molar-refractivity contribution is -0.138. The van der Waals surface area contributed by atoms with E-state index in [-0.39, 0.29) is 35.4 Å². The highest BCUT2D eigenvalue weighted by Crippen LogP contribution is 2.35. The number of sulfone groups is 1. The maximum Gasteiger partial charge on any atom is 0.417 e. The van der Waals surface area contributed by atoms with Gasteiger partial charge in [0.1, 0.15) is 5.75 Å². The van der Waals surface area contributed by atoms with Crippen molar-refractivity contribution in [1.82, 2.24) is 20.2 Å². The zero-order chi connectivity index (χ0) is 31.9. The highest BCUT2D eigenvalue weighted by atomic mass is 32.2. The summed E-state index contributed by atoms with van der Waals surface area (Å²) in [6.07, 6.45) is -2.45. The van der Waals surface area contributed by atoms with E-state index < -0.39 is 39.2 Å². The van der Waals surface area contributed by atoms with Crippen molar-refractivity contribution in [2.75, 3.05) is 6.26 Å². The van der Waals surface area contributed by atoms with Gasteiger partial charge < -0.3 is 15.0 Å². The molecule has 0 atom stereocenters. The minimum atomic E-state index is -4.52. The topological polar surface area (TPSA) is 101 Å². The minimum Gasteiger partial charge on any atom is -0.490 e. The first-order chi connectivity index (χ1) is 20.6. The van der Waals surface area contributed by atoms with Crippen molar-refractivity contribution in [2.45, 2.75) is 75.2 Å². The summed E-state index contributed by atoms with van der Waals surface area (Å²) in [6, 6.07) is 6.30. The third kappa shape index (κ3) is 7.15. The van der Waals surface area contributed by atoms with E-state index in [0.29, 0.717) is 35.6 Å². The number of alkyl halides is 6. The maximum atomic E-state index is 13.3. The van der Waals surface area contributed by atoms with E-state index in [0.717, 1.165) is 56.5 Å². The summed E-state index contributed by atoms with van der Waals surface area (Å²) in [7, 11) is -3.57. The largest absolute Gasteiger partial charge is 0.490 e. The fourth-order valence-corrected chi connectivity index (χ4v) is 5.89. The van der Waals surface area contributed by atoms with Crippen molar-refractivity contribution in [3.8, 4) is 5.75 Å². The minimum absolute atomic E-state index is 0.0242. The highest BCUT2D eigenvalue weighted by molar-refractivity contribution is 7.90. The molecule has 1 saturated carbocycles. The fraction of sp³-hybridized carbons (Fsp3) is 0.414. The molecule has 3 aromatic rings. The number of hydrogen-bond acceptors (Lipinski definition) is 7. The zero-order valence-corrected chi connectivity index (χ0v) is 24.2. The summed E-state index contributed by atoms with van der Waals surface area (Å²) in [6.45, 7) is 1.04. The number of carbonyl (C=O) groups excluding carboxylic acids is 1. The summed E-state index contributed by atoms with van der Waals surface area (Å²) in [5.74, 6) is -0.228. The molecule has 4 heterocycles. The van der Waals surface area contributed by atoms with Crippen molar-refractivity contribution in [3.05, 3.63) is 81.9 Å². The van der Waals surface area contributed by atoms with Gasteiger partial charge in [-0.2, -0.15) is 26.3 Å². The second kappa shape index (κ2) is 12.0. The highest BCUT2D eigenvalue weighted by Gasteiger charge is 2.35. The Hall–Kier alpha value is -3.72. The van der Waals surface area contributed by atoms with Crippen LogP contribution in [0.15, 0.2) is 47.6 Å². The van der Waals surface area contributed by atoms with Gasteiger partial charge in [0.2, 0.25) is 0 Å². The molecule has 1 fully saturated rings. The van der Waals surface area contributed by atoms with Gasteiger partial charge in [-0.3, -0.25) is 14.8 Å². The number of halogens is 6. The molecule has 2 aliphatic heterocycles. The third-order valence-corrected chi connectivity index (χ3v) is 8.69. The average Bonchev–Trinajstić information content (AvgIpc) is 3.71.